The van der Waals surface area contributed by atoms with Gasteiger partial charge in [0.1, 0.15) is 0 Å². The molecular weight excluding hydrogens is 366 g/mol. The number of sulfone groups is 1. The van der Waals surface area contributed by atoms with Crippen molar-refractivity contribution in [3.63, 3.8) is 0 Å². The zero-order valence-corrected chi connectivity index (χ0v) is 15.2. The van der Waals surface area contributed by atoms with Crippen molar-refractivity contribution in [2.75, 3.05) is 18.1 Å². The lowest BCUT2D eigenvalue weighted by atomic mass is 10.1. The maximum Gasteiger partial charge on any atom is 0.223 e. The molecule has 0 N–H and O–H groups in total. The van der Waals surface area contributed by atoms with Crippen molar-refractivity contribution in [1.82, 2.24) is 4.90 Å². The number of carbonyl (C=O) groups excluding carboxylic acids is 1. The lowest BCUT2D eigenvalue weighted by Crippen LogP contribution is -2.41. The average Bonchev–Trinajstić information content (AvgIpc) is 2.82. The number of aryl methyl sites for hydroxylation is 1. The number of carbonyl (C=O) groups is 1. The Morgan fingerprint density at radius 3 is 2.77 bits per heavy atom. The maximum absolute atomic E-state index is 12.5. The fourth-order valence-electron chi connectivity index (χ4n) is 2.86. The first-order chi connectivity index (χ1) is 10.4. The summed E-state index contributed by atoms with van der Waals surface area (Å²) in [6, 6.07) is 7.79. The van der Waals surface area contributed by atoms with Gasteiger partial charge in [0, 0.05) is 23.5 Å². The highest BCUT2D eigenvalue weighted by Gasteiger charge is 2.33. The largest absolute Gasteiger partial charge is 0.339 e. The minimum absolute atomic E-state index is 0.0592. The highest BCUT2D eigenvalue weighted by atomic mass is 79.9. The third-order valence-corrected chi connectivity index (χ3v) is 6.19. The molecule has 1 heterocycles. The van der Waals surface area contributed by atoms with Crippen molar-refractivity contribution in [2.24, 2.45) is 0 Å². The molecule has 1 aliphatic rings. The van der Waals surface area contributed by atoms with Crippen molar-refractivity contribution in [2.45, 2.75) is 38.6 Å². The fourth-order valence-corrected chi connectivity index (χ4v) is 5.04. The van der Waals surface area contributed by atoms with Crippen LogP contribution in [0.25, 0.3) is 0 Å². The molecule has 122 valence electrons. The van der Waals surface area contributed by atoms with Crippen molar-refractivity contribution < 1.29 is 13.2 Å². The van der Waals surface area contributed by atoms with Gasteiger partial charge in [0.25, 0.3) is 0 Å². The summed E-state index contributed by atoms with van der Waals surface area (Å²) in [4.78, 5) is 14.3. The molecule has 2 rings (SSSR count). The van der Waals surface area contributed by atoms with Crippen LogP contribution in [0, 0.1) is 0 Å². The van der Waals surface area contributed by atoms with E-state index in [1.54, 1.807) is 4.90 Å². The molecule has 0 bridgehead atoms. The Morgan fingerprint density at radius 1 is 1.41 bits per heavy atom. The zero-order valence-electron chi connectivity index (χ0n) is 12.8. The van der Waals surface area contributed by atoms with E-state index in [0.29, 0.717) is 25.8 Å². The van der Waals surface area contributed by atoms with Gasteiger partial charge in [-0.2, -0.15) is 0 Å². The Balaban J connectivity index is 1.98. The molecule has 0 saturated carbocycles. The van der Waals surface area contributed by atoms with Gasteiger partial charge in [-0.25, -0.2) is 8.42 Å². The summed E-state index contributed by atoms with van der Waals surface area (Å²) >= 11 is 3.43. The van der Waals surface area contributed by atoms with Crippen LogP contribution in [0.3, 0.4) is 0 Å². The highest BCUT2D eigenvalue weighted by Crippen LogP contribution is 2.20. The molecule has 0 aromatic heterocycles. The van der Waals surface area contributed by atoms with Gasteiger partial charge in [0.05, 0.1) is 11.5 Å². The molecule has 1 atom stereocenters. The lowest BCUT2D eigenvalue weighted by molar-refractivity contribution is -0.133. The summed E-state index contributed by atoms with van der Waals surface area (Å²) in [5.41, 5.74) is 1.11. The third-order valence-electron chi connectivity index (χ3n) is 3.95. The number of hydrogen-bond donors (Lipinski definition) is 0. The molecule has 1 aliphatic heterocycles. The number of rotatable bonds is 6. The number of nitrogens with zero attached hydrogens (tertiary/aromatic N) is 1. The Labute approximate surface area is 140 Å². The summed E-state index contributed by atoms with van der Waals surface area (Å²) in [6.07, 6.45) is 2.52. The van der Waals surface area contributed by atoms with Gasteiger partial charge in [0.15, 0.2) is 9.84 Å². The molecule has 4 nitrogen and oxygen atoms in total. The Kier molecular flexibility index (Phi) is 6.03. The molecule has 1 aromatic rings. The number of benzene rings is 1. The molecule has 0 radical (unpaired) electrons. The van der Waals surface area contributed by atoms with Crippen LogP contribution in [-0.4, -0.2) is 43.3 Å². The van der Waals surface area contributed by atoms with E-state index in [4.69, 9.17) is 0 Å². The summed E-state index contributed by atoms with van der Waals surface area (Å²) in [7, 11) is -2.97. The normalized spacial score (nSPS) is 20.0. The first kappa shape index (κ1) is 17.5. The monoisotopic (exact) mass is 387 g/mol. The number of halogens is 1. The van der Waals surface area contributed by atoms with Crippen LogP contribution in [0.2, 0.25) is 0 Å². The van der Waals surface area contributed by atoms with E-state index in [1.807, 2.05) is 31.2 Å². The van der Waals surface area contributed by atoms with E-state index in [2.05, 4.69) is 15.9 Å². The third kappa shape index (κ3) is 4.81. The molecule has 1 saturated heterocycles. The van der Waals surface area contributed by atoms with Gasteiger partial charge < -0.3 is 4.90 Å². The Hall–Kier alpha value is -0.880. The van der Waals surface area contributed by atoms with Gasteiger partial charge in [-0.15, -0.1) is 0 Å². The molecule has 22 heavy (non-hydrogen) atoms. The minimum Gasteiger partial charge on any atom is -0.339 e. The summed E-state index contributed by atoms with van der Waals surface area (Å²) in [5.74, 6) is 0.385. The van der Waals surface area contributed by atoms with Crippen LogP contribution in [0.4, 0.5) is 0 Å². The average molecular weight is 388 g/mol. The van der Waals surface area contributed by atoms with Crippen LogP contribution in [0.5, 0.6) is 0 Å². The van der Waals surface area contributed by atoms with Crippen LogP contribution < -0.4 is 0 Å². The van der Waals surface area contributed by atoms with Crippen LogP contribution in [0.1, 0.15) is 31.7 Å². The zero-order chi connectivity index (χ0) is 16.2. The van der Waals surface area contributed by atoms with Crippen molar-refractivity contribution in [3.05, 3.63) is 34.3 Å². The standard InChI is InChI=1S/C16H22BrNO3S/c1-2-9-18(15-8-10-22(20,21)12-15)16(19)7-6-13-4-3-5-14(17)11-13/h3-5,11,15H,2,6-10,12H2,1H3. The topological polar surface area (TPSA) is 54.5 Å². The van der Waals surface area contributed by atoms with Gasteiger partial charge in [-0.3, -0.25) is 4.79 Å². The van der Waals surface area contributed by atoms with Gasteiger partial charge in [-0.05, 0) is 37.0 Å². The van der Waals surface area contributed by atoms with Crippen LogP contribution >= 0.6 is 15.9 Å². The molecule has 1 fully saturated rings. The van der Waals surface area contributed by atoms with Gasteiger partial charge >= 0.3 is 0 Å². The second-order valence-corrected chi connectivity index (χ2v) is 8.92. The predicted molar refractivity (Wildman–Crippen MR) is 91.5 cm³/mol. The molecule has 0 aliphatic carbocycles. The van der Waals surface area contributed by atoms with Gasteiger partial charge in [-0.1, -0.05) is 35.0 Å². The first-order valence-electron chi connectivity index (χ1n) is 7.65. The van der Waals surface area contributed by atoms with Crippen molar-refractivity contribution in [1.29, 1.82) is 0 Å². The van der Waals surface area contributed by atoms with E-state index in [0.717, 1.165) is 16.5 Å². The van der Waals surface area contributed by atoms with E-state index in [1.165, 1.54) is 0 Å². The molecule has 1 aromatic carbocycles. The summed E-state index contributed by atoms with van der Waals surface area (Å²) in [5, 5.41) is 0. The van der Waals surface area contributed by atoms with E-state index in [-0.39, 0.29) is 23.5 Å². The first-order valence-corrected chi connectivity index (χ1v) is 10.3. The summed E-state index contributed by atoms with van der Waals surface area (Å²) in [6.45, 7) is 2.65. The smallest absolute Gasteiger partial charge is 0.223 e. The Morgan fingerprint density at radius 2 is 2.18 bits per heavy atom. The molecule has 6 heteroatoms. The second-order valence-electron chi connectivity index (χ2n) is 5.77. The minimum atomic E-state index is -2.97. The van der Waals surface area contributed by atoms with Crippen molar-refractivity contribution >= 4 is 31.7 Å². The van der Waals surface area contributed by atoms with Crippen LogP contribution in [0.15, 0.2) is 28.7 Å². The fraction of sp³-hybridized carbons (Fsp3) is 0.562. The predicted octanol–water partition coefficient (Wildman–Crippen LogP) is 2.81. The van der Waals surface area contributed by atoms with E-state index >= 15 is 0 Å². The summed E-state index contributed by atoms with van der Waals surface area (Å²) < 4.78 is 24.3. The number of hydrogen-bond acceptors (Lipinski definition) is 3. The molecule has 1 unspecified atom stereocenters. The molecular formula is C16H22BrNO3S. The Bertz CT molecular complexity index is 630. The SMILES string of the molecule is CCCN(C(=O)CCc1cccc(Br)c1)C1CCS(=O)(=O)C1. The second kappa shape index (κ2) is 7.59. The lowest BCUT2D eigenvalue weighted by Gasteiger charge is -2.28. The maximum atomic E-state index is 12.5. The van der Waals surface area contributed by atoms with E-state index in [9.17, 15) is 13.2 Å². The van der Waals surface area contributed by atoms with Crippen molar-refractivity contribution in [3.8, 4) is 0 Å². The number of amides is 1. The quantitative estimate of drug-likeness (QED) is 0.753. The highest BCUT2D eigenvalue weighted by molar-refractivity contribution is 9.10. The van der Waals surface area contributed by atoms with E-state index < -0.39 is 9.84 Å². The van der Waals surface area contributed by atoms with Gasteiger partial charge in [0.2, 0.25) is 5.91 Å². The molecule has 1 amide bonds. The van der Waals surface area contributed by atoms with Crippen LogP contribution in [-0.2, 0) is 21.1 Å². The molecule has 0 spiro atoms.